The summed E-state index contributed by atoms with van der Waals surface area (Å²) in [4.78, 5) is 0. The van der Waals surface area contributed by atoms with E-state index < -0.39 is 0 Å². The van der Waals surface area contributed by atoms with Crippen LogP contribution in [-0.4, -0.2) is 28.5 Å². The van der Waals surface area contributed by atoms with Crippen LogP contribution in [0.25, 0.3) is 0 Å². The van der Waals surface area contributed by atoms with Crippen LogP contribution in [0.3, 0.4) is 0 Å². The summed E-state index contributed by atoms with van der Waals surface area (Å²) in [6, 6.07) is 3.89. The van der Waals surface area contributed by atoms with Crippen LogP contribution < -0.4 is 5.32 Å². The van der Waals surface area contributed by atoms with Gasteiger partial charge in [-0.1, -0.05) is 13.8 Å². The first-order valence-corrected chi connectivity index (χ1v) is 4.92. The second-order valence-electron chi connectivity index (χ2n) is 3.50. The zero-order valence-corrected chi connectivity index (χ0v) is 8.70. The minimum Gasteiger partial charge on any atom is -0.396 e. The molecule has 2 N–H and O–H groups in total. The van der Waals surface area contributed by atoms with Crippen molar-refractivity contribution in [3.8, 4) is 0 Å². The number of aliphatic hydroxyl groups is 1. The van der Waals surface area contributed by atoms with E-state index in [1.54, 1.807) is 0 Å². The first-order chi connectivity index (χ1) is 6.74. The summed E-state index contributed by atoms with van der Waals surface area (Å²) < 4.78 is 0. The molecule has 0 bridgehead atoms. The van der Waals surface area contributed by atoms with E-state index in [1.807, 2.05) is 12.1 Å². The second kappa shape index (κ2) is 5.54. The van der Waals surface area contributed by atoms with Crippen molar-refractivity contribution in [1.82, 2.24) is 10.2 Å². The largest absolute Gasteiger partial charge is 0.396 e. The van der Waals surface area contributed by atoms with Crippen LogP contribution in [0.2, 0.25) is 0 Å². The minimum atomic E-state index is 0.199. The Balaban J connectivity index is 2.47. The predicted molar refractivity (Wildman–Crippen MR) is 56.3 cm³/mol. The van der Waals surface area contributed by atoms with Gasteiger partial charge in [-0.15, -0.1) is 5.10 Å². The van der Waals surface area contributed by atoms with Gasteiger partial charge in [0.25, 0.3) is 0 Å². The van der Waals surface area contributed by atoms with Crippen molar-refractivity contribution in [2.24, 2.45) is 0 Å². The molecule has 0 spiro atoms. The van der Waals surface area contributed by atoms with Crippen LogP contribution in [0.15, 0.2) is 12.1 Å². The molecule has 0 unspecified atom stereocenters. The van der Waals surface area contributed by atoms with Crippen molar-refractivity contribution >= 4 is 5.82 Å². The Bertz CT molecular complexity index is 259. The third-order valence-corrected chi connectivity index (χ3v) is 1.92. The molecule has 4 heteroatoms. The molecule has 1 aromatic rings. The number of hydrogen-bond acceptors (Lipinski definition) is 4. The van der Waals surface area contributed by atoms with Gasteiger partial charge in [-0.3, -0.25) is 0 Å². The van der Waals surface area contributed by atoms with Crippen LogP contribution in [0.5, 0.6) is 0 Å². The number of anilines is 1. The van der Waals surface area contributed by atoms with Crippen molar-refractivity contribution in [3.63, 3.8) is 0 Å². The molecule has 0 fully saturated rings. The van der Waals surface area contributed by atoms with Gasteiger partial charge in [0.15, 0.2) is 0 Å². The average molecular weight is 195 g/mol. The maximum absolute atomic E-state index is 8.59. The fourth-order valence-electron chi connectivity index (χ4n) is 1.04. The van der Waals surface area contributed by atoms with Gasteiger partial charge in [0.05, 0.1) is 5.69 Å². The summed E-state index contributed by atoms with van der Waals surface area (Å²) in [5, 5.41) is 19.8. The van der Waals surface area contributed by atoms with Gasteiger partial charge in [-0.2, -0.15) is 5.10 Å². The molecule has 1 aromatic heterocycles. The highest BCUT2D eigenvalue weighted by Crippen LogP contribution is 2.11. The average Bonchev–Trinajstić information content (AvgIpc) is 2.19. The van der Waals surface area contributed by atoms with Crippen molar-refractivity contribution in [1.29, 1.82) is 0 Å². The molecule has 0 aromatic carbocycles. The van der Waals surface area contributed by atoms with E-state index in [-0.39, 0.29) is 6.61 Å². The lowest BCUT2D eigenvalue weighted by Crippen LogP contribution is -2.06. The van der Waals surface area contributed by atoms with E-state index in [0.29, 0.717) is 5.92 Å². The molecule has 0 saturated heterocycles. The summed E-state index contributed by atoms with van der Waals surface area (Å²) >= 11 is 0. The Labute approximate surface area is 84.4 Å². The van der Waals surface area contributed by atoms with Crippen molar-refractivity contribution in [2.75, 3.05) is 18.5 Å². The number of nitrogens with one attached hydrogen (secondary N) is 1. The Morgan fingerprint density at radius 3 is 2.64 bits per heavy atom. The number of aliphatic hydroxyl groups excluding tert-OH is 1. The standard InChI is InChI=1S/C10H17N3O/c1-8(2)9-4-5-10(13-12-9)11-6-3-7-14/h4-5,8,14H,3,6-7H2,1-2H3,(H,11,13). The van der Waals surface area contributed by atoms with Crippen LogP contribution in [0, 0.1) is 0 Å². The molecular weight excluding hydrogens is 178 g/mol. The van der Waals surface area contributed by atoms with Crippen LogP contribution in [0.1, 0.15) is 31.9 Å². The highest BCUT2D eigenvalue weighted by Gasteiger charge is 2.00. The highest BCUT2D eigenvalue weighted by molar-refractivity contribution is 5.33. The molecule has 0 aliphatic rings. The van der Waals surface area contributed by atoms with Crippen molar-refractivity contribution < 1.29 is 5.11 Å². The molecule has 0 radical (unpaired) electrons. The maximum Gasteiger partial charge on any atom is 0.148 e. The lowest BCUT2D eigenvalue weighted by molar-refractivity contribution is 0.292. The number of nitrogens with zero attached hydrogens (tertiary/aromatic N) is 2. The normalized spacial score (nSPS) is 10.6. The van der Waals surface area contributed by atoms with E-state index >= 15 is 0 Å². The summed E-state index contributed by atoms with van der Waals surface area (Å²) in [5.41, 5.74) is 0.998. The third kappa shape index (κ3) is 3.30. The molecule has 0 saturated carbocycles. The zero-order chi connectivity index (χ0) is 10.4. The Kier molecular flexibility index (Phi) is 4.32. The monoisotopic (exact) mass is 195 g/mol. The van der Waals surface area contributed by atoms with E-state index in [2.05, 4.69) is 29.4 Å². The van der Waals surface area contributed by atoms with E-state index in [9.17, 15) is 0 Å². The SMILES string of the molecule is CC(C)c1ccc(NCCCO)nn1. The van der Waals surface area contributed by atoms with Gasteiger partial charge in [0.1, 0.15) is 5.82 Å². The molecular formula is C10H17N3O. The summed E-state index contributed by atoms with van der Waals surface area (Å²) in [7, 11) is 0. The topological polar surface area (TPSA) is 58.0 Å². The zero-order valence-electron chi connectivity index (χ0n) is 8.70. The summed E-state index contributed by atoms with van der Waals surface area (Å²) in [5.74, 6) is 1.18. The number of hydrogen-bond donors (Lipinski definition) is 2. The summed E-state index contributed by atoms with van der Waals surface area (Å²) in [6.07, 6.45) is 0.730. The molecule has 1 heterocycles. The fraction of sp³-hybridized carbons (Fsp3) is 0.600. The van der Waals surface area contributed by atoms with E-state index in [1.165, 1.54) is 0 Å². The molecule has 14 heavy (non-hydrogen) atoms. The molecule has 0 amide bonds. The Morgan fingerprint density at radius 2 is 2.14 bits per heavy atom. The van der Waals surface area contributed by atoms with Crippen molar-refractivity contribution in [2.45, 2.75) is 26.2 Å². The minimum absolute atomic E-state index is 0.199. The van der Waals surface area contributed by atoms with Gasteiger partial charge in [0, 0.05) is 13.2 Å². The lowest BCUT2D eigenvalue weighted by atomic mass is 10.1. The molecule has 1 rings (SSSR count). The van der Waals surface area contributed by atoms with Crippen LogP contribution in [-0.2, 0) is 0 Å². The first kappa shape index (κ1) is 10.9. The maximum atomic E-state index is 8.59. The Morgan fingerprint density at radius 1 is 1.36 bits per heavy atom. The molecule has 4 nitrogen and oxygen atoms in total. The third-order valence-electron chi connectivity index (χ3n) is 1.92. The first-order valence-electron chi connectivity index (χ1n) is 4.92. The molecule has 0 aliphatic carbocycles. The highest BCUT2D eigenvalue weighted by atomic mass is 16.3. The van der Waals surface area contributed by atoms with E-state index in [0.717, 1.165) is 24.5 Å². The predicted octanol–water partition coefficient (Wildman–Crippen LogP) is 1.39. The summed E-state index contributed by atoms with van der Waals surface area (Å²) in [6.45, 7) is 5.10. The van der Waals surface area contributed by atoms with Gasteiger partial charge in [-0.25, -0.2) is 0 Å². The number of aromatic nitrogens is 2. The van der Waals surface area contributed by atoms with E-state index in [4.69, 9.17) is 5.11 Å². The van der Waals surface area contributed by atoms with Gasteiger partial charge >= 0.3 is 0 Å². The number of rotatable bonds is 5. The Hall–Kier alpha value is -1.16. The van der Waals surface area contributed by atoms with Gasteiger partial charge in [-0.05, 0) is 24.5 Å². The van der Waals surface area contributed by atoms with Gasteiger partial charge in [0.2, 0.25) is 0 Å². The molecule has 0 atom stereocenters. The van der Waals surface area contributed by atoms with Gasteiger partial charge < -0.3 is 10.4 Å². The molecule has 0 aliphatic heterocycles. The fourth-order valence-corrected chi connectivity index (χ4v) is 1.04. The lowest BCUT2D eigenvalue weighted by Gasteiger charge is -2.05. The van der Waals surface area contributed by atoms with Crippen LogP contribution >= 0.6 is 0 Å². The quantitative estimate of drug-likeness (QED) is 0.697. The molecule has 78 valence electrons. The van der Waals surface area contributed by atoms with Crippen LogP contribution in [0.4, 0.5) is 5.82 Å². The second-order valence-corrected chi connectivity index (χ2v) is 3.50. The van der Waals surface area contributed by atoms with Crippen molar-refractivity contribution in [3.05, 3.63) is 17.8 Å². The smallest absolute Gasteiger partial charge is 0.148 e.